The van der Waals surface area contributed by atoms with E-state index in [-0.39, 0.29) is 0 Å². The van der Waals surface area contributed by atoms with Crippen LogP contribution in [-0.2, 0) is 6.42 Å². The van der Waals surface area contributed by atoms with E-state index >= 15 is 0 Å². The standard InChI is InChI=1S/C19H23N/c1-3-11-20-19(4-2)16-10-9-15-12-14-7-5-6-8-17(14)18(15)13-16/h5-10,13,19-20H,3-4,11-12H2,1-2H3. The molecule has 0 fully saturated rings. The van der Waals surface area contributed by atoms with Gasteiger partial charge < -0.3 is 5.32 Å². The molecule has 0 heterocycles. The molecule has 0 aliphatic heterocycles. The van der Waals surface area contributed by atoms with Crippen molar-refractivity contribution in [3.8, 4) is 11.1 Å². The van der Waals surface area contributed by atoms with E-state index in [2.05, 4.69) is 61.6 Å². The first-order chi connectivity index (χ1) is 9.83. The van der Waals surface area contributed by atoms with Crippen molar-refractivity contribution < 1.29 is 0 Å². The molecule has 3 rings (SSSR count). The average molecular weight is 265 g/mol. The van der Waals surface area contributed by atoms with Crippen LogP contribution in [0.3, 0.4) is 0 Å². The summed E-state index contributed by atoms with van der Waals surface area (Å²) >= 11 is 0. The van der Waals surface area contributed by atoms with Gasteiger partial charge in [-0.25, -0.2) is 0 Å². The van der Waals surface area contributed by atoms with Crippen LogP contribution in [-0.4, -0.2) is 6.54 Å². The zero-order valence-corrected chi connectivity index (χ0v) is 12.4. The minimum absolute atomic E-state index is 0.480. The summed E-state index contributed by atoms with van der Waals surface area (Å²) in [6.45, 7) is 5.57. The van der Waals surface area contributed by atoms with Crippen LogP contribution in [0.4, 0.5) is 0 Å². The number of hydrogen-bond acceptors (Lipinski definition) is 1. The van der Waals surface area contributed by atoms with Gasteiger partial charge in [-0.3, -0.25) is 0 Å². The van der Waals surface area contributed by atoms with Crippen LogP contribution >= 0.6 is 0 Å². The molecule has 1 unspecified atom stereocenters. The van der Waals surface area contributed by atoms with Crippen LogP contribution in [0.1, 0.15) is 49.4 Å². The molecule has 1 heteroatoms. The minimum Gasteiger partial charge on any atom is -0.310 e. The number of nitrogens with one attached hydrogen (secondary N) is 1. The van der Waals surface area contributed by atoms with Gasteiger partial charge in [0.25, 0.3) is 0 Å². The van der Waals surface area contributed by atoms with E-state index in [1.165, 1.54) is 34.2 Å². The summed E-state index contributed by atoms with van der Waals surface area (Å²) in [4.78, 5) is 0. The van der Waals surface area contributed by atoms with Crippen molar-refractivity contribution in [2.75, 3.05) is 6.54 Å². The summed E-state index contributed by atoms with van der Waals surface area (Å²) in [5.41, 5.74) is 7.23. The third kappa shape index (κ3) is 2.38. The van der Waals surface area contributed by atoms with Crippen molar-refractivity contribution in [1.29, 1.82) is 0 Å². The number of fused-ring (bicyclic) bond motifs is 3. The van der Waals surface area contributed by atoms with Crippen LogP contribution in [0, 0.1) is 0 Å². The fourth-order valence-corrected chi connectivity index (χ4v) is 3.17. The Morgan fingerprint density at radius 2 is 1.80 bits per heavy atom. The molecule has 2 aromatic rings. The van der Waals surface area contributed by atoms with Crippen LogP contribution in [0.5, 0.6) is 0 Å². The lowest BCUT2D eigenvalue weighted by molar-refractivity contribution is 0.518. The molecule has 20 heavy (non-hydrogen) atoms. The Bertz CT molecular complexity index is 600. The van der Waals surface area contributed by atoms with Crippen molar-refractivity contribution in [2.24, 2.45) is 0 Å². The van der Waals surface area contributed by atoms with Crippen LogP contribution < -0.4 is 5.32 Å². The number of benzene rings is 2. The van der Waals surface area contributed by atoms with Gasteiger partial charge >= 0.3 is 0 Å². The van der Waals surface area contributed by atoms with Crippen LogP contribution in [0.25, 0.3) is 11.1 Å². The Kier molecular flexibility index (Phi) is 3.88. The van der Waals surface area contributed by atoms with E-state index in [4.69, 9.17) is 0 Å². The van der Waals surface area contributed by atoms with Gasteiger partial charge in [-0.2, -0.15) is 0 Å². The first-order valence-electron chi connectivity index (χ1n) is 7.78. The van der Waals surface area contributed by atoms with Gasteiger partial charge in [0.05, 0.1) is 0 Å². The van der Waals surface area contributed by atoms with E-state index in [1.54, 1.807) is 0 Å². The quantitative estimate of drug-likeness (QED) is 0.704. The molecule has 2 aromatic carbocycles. The number of hydrogen-bond donors (Lipinski definition) is 1. The number of rotatable bonds is 5. The summed E-state index contributed by atoms with van der Waals surface area (Å²) in [6.07, 6.45) is 3.41. The second-order valence-corrected chi connectivity index (χ2v) is 5.67. The first-order valence-corrected chi connectivity index (χ1v) is 7.78. The van der Waals surface area contributed by atoms with Gasteiger partial charge in [-0.15, -0.1) is 0 Å². The fourth-order valence-electron chi connectivity index (χ4n) is 3.17. The Hall–Kier alpha value is -1.60. The highest BCUT2D eigenvalue weighted by molar-refractivity contribution is 5.77. The molecular formula is C19H23N. The van der Waals surface area contributed by atoms with Crippen molar-refractivity contribution in [3.05, 3.63) is 59.2 Å². The molecule has 0 amide bonds. The molecule has 0 saturated carbocycles. The highest BCUT2D eigenvalue weighted by Gasteiger charge is 2.19. The SMILES string of the molecule is CCCNC(CC)c1ccc2c(c1)-c1ccccc1C2. The zero-order chi connectivity index (χ0) is 13.9. The monoisotopic (exact) mass is 265 g/mol. The van der Waals surface area contributed by atoms with E-state index in [9.17, 15) is 0 Å². The van der Waals surface area contributed by atoms with Crippen molar-refractivity contribution in [3.63, 3.8) is 0 Å². The second kappa shape index (κ2) is 5.80. The summed E-state index contributed by atoms with van der Waals surface area (Å²) < 4.78 is 0. The van der Waals surface area contributed by atoms with Gasteiger partial charge in [0.2, 0.25) is 0 Å². The van der Waals surface area contributed by atoms with E-state index in [1.807, 2.05) is 0 Å². The Balaban J connectivity index is 1.94. The largest absolute Gasteiger partial charge is 0.310 e. The maximum Gasteiger partial charge on any atom is 0.0317 e. The van der Waals surface area contributed by atoms with E-state index in [0.29, 0.717) is 6.04 Å². The van der Waals surface area contributed by atoms with Gasteiger partial charge in [0.15, 0.2) is 0 Å². The maximum atomic E-state index is 3.65. The molecule has 1 aliphatic carbocycles. The molecule has 104 valence electrons. The Morgan fingerprint density at radius 1 is 1.00 bits per heavy atom. The van der Waals surface area contributed by atoms with Gasteiger partial charge in [0.1, 0.15) is 0 Å². The molecule has 0 saturated heterocycles. The van der Waals surface area contributed by atoms with Crippen LogP contribution in [0.2, 0.25) is 0 Å². The third-order valence-electron chi connectivity index (χ3n) is 4.27. The van der Waals surface area contributed by atoms with E-state index in [0.717, 1.165) is 19.4 Å². The summed E-state index contributed by atoms with van der Waals surface area (Å²) in [7, 11) is 0. The molecule has 1 nitrogen and oxygen atoms in total. The molecule has 0 bridgehead atoms. The lowest BCUT2D eigenvalue weighted by Gasteiger charge is -2.18. The van der Waals surface area contributed by atoms with Gasteiger partial charge in [-0.05, 0) is 59.7 Å². The molecule has 0 radical (unpaired) electrons. The second-order valence-electron chi connectivity index (χ2n) is 5.67. The van der Waals surface area contributed by atoms with Crippen molar-refractivity contribution in [1.82, 2.24) is 5.32 Å². The van der Waals surface area contributed by atoms with E-state index < -0.39 is 0 Å². The average Bonchev–Trinajstić information content (AvgIpc) is 2.86. The molecule has 0 spiro atoms. The molecule has 1 N–H and O–H groups in total. The Labute approximate surface area is 122 Å². The highest BCUT2D eigenvalue weighted by atomic mass is 14.9. The minimum atomic E-state index is 0.480. The maximum absolute atomic E-state index is 3.65. The van der Waals surface area contributed by atoms with Crippen molar-refractivity contribution >= 4 is 0 Å². The zero-order valence-electron chi connectivity index (χ0n) is 12.4. The van der Waals surface area contributed by atoms with Crippen LogP contribution in [0.15, 0.2) is 42.5 Å². The molecule has 1 atom stereocenters. The highest BCUT2D eigenvalue weighted by Crippen LogP contribution is 2.37. The topological polar surface area (TPSA) is 12.0 Å². The summed E-state index contributed by atoms with van der Waals surface area (Å²) in [6, 6.07) is 16.3. The first kappa shape index (κ1) is 13.4. The normalized spacial score (nSPS) is 13.9. The summed E-state index contributed by atoms with van der Waals surface area (Å²) in [5, 5.41) is 3.65. The molecular weight excluding hydrogens is 242 g/mol. The molecule has 1 aliphatic rings. The third-order valence-corrected chi connectivity index (χ3v) is 4.27. The lowest BCUT2D eigenvalue weighted by atomic mass is 9.97. The van der Waals surface area contributed by atoms with Gasteiger partial charge in [0, 0.05) is 6.04 Å². The fraction of sp³-hybridized carbons (Fsp3) is 0.368. The molecule has 0 aromatic heterocycles. The van der Waals surface area contributed by atoms with Gasteiger partial charge in [-0.1, -0.05) is 50.2 Å². The Morgan fingerprint density at radius 3 is 2.60 bits per heavy atom. The smallest absolute Gasteiger partial charge is 0.0317 e. The lowest BCUT2D eigenvalue weighted by Crippen LogP contribution is -2.21. The van der Waals surface area contributed by atoms with Crippen molar-refractivity contribution in [2.45, 2.75) is 39.2 Å². The predicted octanol–water partition coefficient (Wildman–Crippen LogP) is 4.71. The summed E-state index contributed by atoms with van der Waals surface area (Å²) in [5.74, 6) is 0. The predicted molar refractivity (Wildman–Crippen MR) is 86.0 cm³/mol.